The lowest BCUT2D eigenvalue weighted by Crippen LogP contribution is -1.99. The van der Waals surface area contributed by atoms with Crippen molar-refractivity contribution in [3.8, 4) is 5.75 Å². The Morgan fingerprint density at radius 2 is 2.00 bits per heavy atom. The topological polar surface area (TPSA) is 52.4 Å². The van der Waals surface area contributed by atoms with Crippen LogP contribution >= 0.6 is 23.2 Å². The molecule has 20 heavy (non-hydrogen) atoms. The van der Waals surface area contributed by atoms with E-state index in [9.17, 15) is 14.5 Å². The SMILES string of the molecule is O=[N+]([O-])c1ccc(Cl)c(OCc2cccc(F)c2Cl)c1. The minimum atomic E-state index is -0.557. The van der Waals surface area contributed by atoms with Crippen molar-refractivity contribution >= 4 is 28.9 Å². The summed E-state index contributed by atoms with van der Waals surface area (Å²) in [5.41, 5.74) is 0.281. The number of non-ortho nitro benzene ring substituents is 1. The smallest absolute Gasteiger partial charge is 0.273 e. The molecule has 0 N–H and O–H groups in total. The molecule has 0 amide bonds. The first-order valence-electron chi connectivity index (χ1n) is 5.48. The molecule has 4 nitrogen and oxygen atoms in total. The van der Waals surface area contributed by atoms with E-state index in [1.807, 2.05) is 0 Å². The van der Waals surface area contributed by atoms with Gasteiger partial charge in [0, 0.05) is 11.6 Å². The molecule has 7 heteroatoms. The summed E-state index contributed by atoms with van der Waals surface area (Å²) in [5, 5.41) is 10.9. The standard InChI is InChI=1S/C13H8Cl2FNO3/c14-10-5-4-9(17(18)19)6-12(10)20-7-8-2-1-3-11(16)13(8)15/h1-6H,7H2. The number of benzene rings is 2. The van der Waals surface area contributed by atoms with Crippen LogP contribution in [0.3, 0.4) is 0 Å². The molecule has 0 aliphatic rings. The van der Waals surface area contributed by atoms with E-state index < -0.39 is 10.7 Å². The number of rotatable bonds is 4. The van der Waals surface area contributed by atoms with Gasteiger partial charge in [-0.1, -0.05) is 35.3 Å². The van der Waals surface area contributed by atoms with Crippen LogP contribution in [0.4, 0.5) is 10.1 Å². The first-order chi connectivity index (χ1) is 9.49. The van der Waals surface area contributed by atoms with Crippen LogP contribution in [0.5, 0.6) is 5.75 Å². The quantitative estimate of drug-likeness (QED) is 0.611. The third-order valence-corrected chi connectivity index (χ3v) is 3.28. The van der Waals surface area contributed by atoms with Crippen LogP contribution < -0.4 is 4.74 Å². The van der Waals surface area contributed by atoms with Crippen molar-refractivity contribution in [2.45, 2.75) is 6.61 Å². The zero-order chi connectivity index (χ0) is 14.7. The summed E-state index contributed by atoms with van der Waals surface area (Å²) in [6.07, 6.45) is 0. The number of hydrogen-bond donors (Lipinski definition) is 0. The van der Waals surface area contributed by atoms with Gasteiger partial charge in [-0.2, -0.15) is 0 Å². The van der Waals surface area contributed by atoms with Crippen LogP contribution in [-0.4, -0.2) is 4.92 Å². The predicted octanol–water partition coefficient (Wildman–Crippen LogP) is 4.62. The van der Waals surface area contributed by atoms with Crippen molar-refractivity contribution < 1.29 is 14.1 Å². The second kappa shape index (κ2) is 6.07. The van der Waals surface area contributed by atoms with Gasteiger partial charge in [-0.05, 0) is 12.1 Å². The fourth-order valence-electron chi connectivity index (χ4n) is 1.53. The highest BCUT2D eigenvalue weighted by atomic mass is 35.5. The Bertz CT molecular complexity index is 664. The zero-order valence-corrected chi connectivity index (χ0v) is 11.5. The Labute approximate surface area is 123 Å². The maximum Gasteiger partial charge on any atom is 0.273 e. The summed E-state index contributed by atoms with van der Waals surface area (Å²) in [6.45, 7) is -0.0442. The maximum atomic E-state index is 13.3. The average molecular weight is 316 g/mol. The van der Waals surface area contributed by atoms with Gasteiger partial charge in [0.25, 0.3) is 5.69 Å². The highest BCUT2D eigenvalue weighted by Gasteiger charge is 2.12. The number of nitrogens with zero attached hydrogens (tertiary/aromatic N) is 1. The summed E-state index contributed by atoms with van der Waals surface area (Å²) >= 11 is 11.7. The van der Waals surface area contributed by atoms with Crippen molar-refractivity contribution in [2.24, 2.45) is 0 Å². The van der Waals surface area contributed by atoms with Crippen molar-refractivity contribution in [3.05, 3.63) is 67.9 Å². The Balaban J connectivity index is 2.20. The first kappa shape index (κ1) is 14.6. The largest absolute Gasteiger partial charge is 0.487 e. The van der Waals surface area contributed by atoms with Crippen molar-refractivity contribution in [1.82, 2.24) is 0 Å². The summed E-state index contributed by atoms with van der Waals surface area (Å²) in [5.74, 6) is -0.417. The third-order valence-electron chi connectivity index (χ3n) is 2.54. The summed E-state index contributed by atoms with van der Waals surface area (Å²) in [7, 11) is 0. The summed E-state index contributed by atoms with van der Waals surface area (Å²) in [6, 6.07) is 8.15. The fourth-order valence-corrected chi connectivity index (χ4v) is 1.88. The fraction of sp³-hybridized carbons (Fsp3) is 0.0769. The highest BCUT2D eigenvalue weighted by molar-refractivity contribution is 6.32. The average Bonchev–Trinajstić information content (AvgIpc) is 2.41. The number of halogens is 3. The number of ether oxygens (including phenoxy) is 1. The van der Waals surface area contributed by atoms with Gasteiger partial charge >= 0.3 is 0 Å². The third kappa shape index (κ3) is 3.18. The molecule has 0 saturated heterocycles. The molecule has 0 saturated carbocycles. The Morgan fingerprint density at radius 1 is 1.25 bits per heavy atom. The molecule has 0 heterocycles. The van der Waals surface area contributed by atoms with Crippen LogP contribution in [-0.2, 0) is 6.61 Å². The van der Waals surface area contributed by atoms with E-state index in [1.54, 1.807) is 6.07 Å². The Kier molecular flexibility index (Phi) is 4.42. The second-order valence-corrected chi connectivity index (χ2v) is 4.66. The van der Waals surface area contributed by atoms with Gasteiger partial charge in [-0.3, -0.25) is 10.1 Å². The number of nitro benzene ring substituents is 1. The molecule has 0 bridgehead atoms. The molecule has 2 rings (SSSR count). The monoisotopic (exact) mass is 315 g/mol. The van der Waals surface area contributed by atoms with E-state index in [0.29, 0.717) is 5.56 Å². The predicted molar refractivity (Wildman–Crippen MR) is 73.8 cm³/mol. The van der Waals surface area contributed by atoms with Crippen LogP contribution in [0.25, 0.3) is 0 Å². The number of nitro groups is 1. The molecule has 2 aromatic carbocycles. The maximum absolute atomic E-state index is 13.3. The van der Waals surface area contributed by atoms with Gasteiger partial charge in [-0.15, -0.1) is 0 Å². The van der Waals surface area contributed by atoms with Crippen molar-refractivity contribution in [1.29, 1.82) is 0 Å². The zero-order valence-electron chi connectivity index (χ0n) is 9.98. The lowest BCUT2D eigenvalue weighted by Gasteiger charge is -2.09. The molecule has 2 aromatic rings. The van der Waals surface area contributed by atoms with E-state index in [4.69, 9.17) is 27.9 Å². The van der Waals surface area contributed by atoms with Crippen LogP contribution in [0.2, 0.25) is 10.0 Å². The normalized spacial score (nSPS) is 10.3. The lowest BCUT2D eigenvalue weighted by atomic mass is 10.2. The van der Waals surface area contributed by atoms with Crippen LogP contribution in [0.1, 0.15) is 5.56 Å². The molecule has 0 aliphatic carbocycles. The van der Waals surface area contributed by atoms with E-state index in [0.717, 1.165) is 0 Å². The molecule has 0 atom stereocenters. The van der Waals surface area contributed by atoms with Gasteiger partial charge in [0.15, 0.2) is 0 Å². The molecule has 104 valence electrons. The molecular formula is C13H8Cl2FNO3. The Morgan fingerprint density at radius 3 is 2.70 bits per heavy atom. The molecule has 0 radical (unpaired) electrons. The van der Waals surface area contributed by atoms with Gasteiger partial charge in [0.05, 0.1) is 21.0 Å². The van der Waals surface area contributed by atoms with E-state index >= 15 is 0 Å². The minimum Gasteiger partial charge on any atom is -0.487 e. The molecular weight excluding hydrogens is 308 g/mol. The molecule has 0 spiro atoms. The first-order valence-corrected chi connectivity index (χ1v) is 6.24. The van der Waals surface area contributed by atoms with Crippen molar-refractivity contribution in [2.75, 3.05) is 0 Å². The minimum absolute atomic E-state index is 0.0442. The number of hydrogen-bond acceptors (Lipinski definition) is 3. The van der Waals surface area contributed by atoms with E-state index in [-0.39, 0.29) is 28.1 Å². The van der Waals surface area contributed by atoms with E-state index in [1.165, 1.54) is 30.3 Å². The van der Waals surface area contributed by atoms with Gasteiger partial charge in [0.1, 0.15) is 18.2 Å². The summed E-state index contributed by atoms with van der Waals surface area (Å²) < 4.78 is 18.6. The van der Waals surface area contributed by atoms with Gasteiger partial charge in [0.2, 0.25) is 0 Å². The molecule has 0 unspecified atom stereocenters. The van der Waals surface area contributed by atoms with Crippen LogP contribution in [0.15, 0.2) is 36.4 Å². The van der Waals surface area contributed by atoms with Gasteiger partial charge in [-0.25, -0.2) is 4.39 Å². The van der Waals surface area contributed by atoms with Crippen LogP contribution in [0, 0.1) is 15.9 Å². The van der Waals surface area contributed by atoms with E-state index in [2.05, 4.69) is 0 Å². The summed E-state index contributed by atoms with van der Waals surface area (Å²) in [4.78, 5) is 10.1. The second-order valence-electron chi connectivity index (χ2n) is 3.87. The van der Waals surface area contributed by atoms with Crippen molar-refractivity contribution in [3.63, 3.8) is 0 Å². The van der Waals surface area contributed by atoms with Gasteiger partial charge < -0.3 is 4.74 Å². The lowest BCUT2D eigenvalue weighted by molar-refractivity contribution is -0.384. The molecule has 0 aromatic heterocycles. The molecule has 0 fully saturated rings. The molecule has 0 aliphatic heterocycles. The Hall–Kier alpha value is -1.85. The highest BCUT2D eigenvalue weighted by Crippen LogP contribution is 2.30.